The number of carbonyl (C=O) groups is 2. The van der Waals surface area contributed by atoms with Crippen molar-refractivity contribution in [2.24, 2.45) is 5.92 Å². The minimum Gasteiger partial charge on any atom is -0.480 e. The van der Waals surface area contributed by atoms with Crippen molar-refractivity contribution >= 4 is 11.9 Å². The minimum atomic E-state index is -1.45. The third-order valence-electron chi connectivity index (χ3n) is 3.10. The fourth-order valence-electron chi connectivity index (χ4n) is 2.00. The SMILES string of the molecule is CC(C)Cc1ccc(CCC(=O)NC(CF)C(=O)O)cc1. The van der Waals surface area contributed by atoms with Crippen LogP contribution in [-0.2, 0) is 22.4 Å². The molecule has 0 aliphatic carbocycles. The van der Waals surface area contributed by atoms with Crippen LogP contribution in [0.3, 0.4) is 0 Å². The molecule has 2 N–H and O–H groups in total. The van der Waals surface area contributed by atoms with E-state index >= 15 is 0 Å². The number of benzene rings is 1. The molecule has 0 bridgehead atoms. The van der Waals surface area contributed by atoms with Crippen LogP contribution >= 0.6 is 0 Å². The highest BCUT2D eigenvalue weighted by atomic mass is 19.1. The summed E-state index contributed by atoms with van der Waals surface area (Å²) in [6, 6.07) is 6.55. The van der Waals surface area contributed by atoms with Crippen LogP contribution in [0, 0.1) is 5.92 Å². The minimum absolute atomic E-state index is 0.146. The molecule has 0 radical (unpaired) electrons. The van der Waals surface area contributed by atoms with Gasteiger partial charge in [-0.25, -0.2) is 9.18 Å². The molecule has 0 spiro atoms. The molecule has 116 valence electrons. The topological polar surface area (TPSA) is 66.4 Å². The van der Waals surface area contributed by atoms with Crippen LogP contribution in [0.15, 0.2) is 24.3 Å². The molecule has 0 saturated heterocycles. The number of carboxylic acids is 1. The summed E-state index contributed by atoms with van der Waals surface area (Å²) in [6.07, 6.45) is 1.66. The number of alkyl halides is 1. The van der Waals surface area contributed by atoms with Gasteiger partial charge >= 0.3 is 5.97 Å². The van der Waals surface area contributed by atoms with Gasteiger partial charge in [-0.1, -0.05) is 38.1 Å². The molecule has 1 unspecified atom stereocenters. The van der Waals surface area contributed by atoms with E-state index in [1.165, 1.54) is 5.56 Å². The van der Waals surface area contributed by atoms with Gasteiger partial charge in [0.2, 0.25) is 5.91 Å². The van der Waals surface area contributed by atoms with Gasteiger partial charge in [-0.15, -0.1) is 0 Å². The molecule has 5 heteroatoms. The molecule has 0 heterocycles. The zero-order valence-electron chi connectivity index (χ0n) is 12.4. The van der Waals surface area contributed by atoms with Gasteiger partial charge in [0.25, 0.3) is 0 Å². The lowest BCUT2D eigenvalue weighted by Crippen LogP contribution is -2.42. The van der Waals surface area contributed by atoms with Crippen LogP contribution in [0.4, 0.5) is 4.39 Å². The first-order valence-corrected chi connectivity index (χ1v) is 7.08. The fraction of sp³-hybridized carbons (Fsp3) is 0.500. The Morgan fingerprint density at radius 1 is 1.19 bits per heavy atom. The Morgan fingerprint density at radius 3 is 2.24 bits per heavy atom. The zero-order valence-corrected chi connectivity index (χ0v) is 12.4. The van der Waals surface area contributed by atoms with E-state index in [-0.39, 0.29) is 6.42 Å². The van der Waals surface area contributed by atoms with Crippen LogP contribution in [0.1, 0.15) is 31.4 Å². The number of hydrogen-bond acceptors (Lipinski definition) is 2. The average molecular weight is 295 g/mol. The van der Waals surface area contributed by atoms with Gasteiger partial charge in [-0.3, -0.25) is 4.79 Å². The van der Waals surface area contributed by atoms with E-state index < -0.39 is 24.6 Å². The predicted octanol–water partition coefficient (Wildman–Crippen LogP) is 2.36. The zero-order chi connectivity index (χ0) is 15.8. The first kappa shape index (κ1) is 17.1. The molecule has 1 amide bonds. The van der Waals surface area contributed by atoms with E-state index in [9.17, 15) is 14.0 Å². The smallest absolute Gasteiger partial charge is 0.328 e. The van der Waals surface area contributed by atoms with Crippen molar-refractivity contribution in [3.63, 3.8) is 0 Å². The fourth-order valence-corrected chi connectivity index (χ4v) is 2.00. The molecule has 0 aromatic heterocycles. The highest BCUT2D eigenvalue weighted by Gasteiger charge is 2.19. The lowest BCUT2D eigenvalue weighted by Gasteiger charge is -2.11. The predicted molar refractivity (Wildman–Crippen MR) is 78.8 cm³/mol. The summed E-state index contributed by atoms with van der Waals surface area (Å²) in [5, 5.41) is 10.8. The van der Waals surface area contributed by atoms with Crippen LogP contribution in [0.2, 0.25) is 0 Å². The number of carboxylic acid groups (broad SMARTS) is 1. The van der Waals surface area contributed by atoms with Gasteiger partial charge in [0.05, 0.1) is 0 Å². The Labute approximate surface area is 124 Å². The Bertz CT molecular complexity index is 471. The van der Waals surface area contributed by atoms with Crippen LogP contribution in [-0.4, -0.2) is 29.7 Å². The summed E-state index contributed by atoms with van der Waals surface area (Å²) in [6.45, 7) is 3.20. The maximum absolute atomic E-state index is 12.4. The number of hydrogen-bond donors (Lipinski definition) is 2. The quantitative estimate of drug-likeness (QED) is 0.773. The summed E-state index contributed by atoms with van der Waals surface area (Å²) >= 11 is 0. The number of aliphatic carboxylic acids is 1. The van der Waals surface area contributed by atoms with Crippen molar-refractivity contribution in [3.8, 4) is 0 Å². The highest BCUT2D eigenvalue weighted by Crippen LogP contribution is 2.11. The Balaban J connectivity index is 2.44. The molecule has 1 aromatic carbocycles. The first-order valence-electron chi connectivity index (χ1n) is 7.08. The van der Waals surface area contributed by atoms with Crippen LogP contribution < -0.4 is 5.32 Å². The van der Waals surface area contributed by atoms with Crippen molar-refractivity contribution in [1.82, 2.24) is 5.32 Å². The average Bonchev–Trinajstić information content (AvgIpc) is 2.43. The lowest BCUT2D eigenvalue weighted by atomic mass is 10.0. The van der Waals surface area contributed by atoms with E-state index in [0.29, 0.717) is 12.3 Å². The number of nitrogens with one attached hydrogen (secondary N) is 1. The number of amides is 1. The molecule has 0 aliphatic heterocycles. The molecule has 21 heavy (non-hydrogen) atoms. The normalized spacial score (nSPS) is 12.2. The molecular weight excluding hydrogens is 273 g/mol. The number of rotatable bonds is 8. The van der Waals surface area contributed by atoms with Crippen molar-refractivity contribution in [2.45, 2.75) is 39.2 Å². The Morgan fingerprint density at radius 2 is 1.76 bits per heavy atom. The van der Waals surface area contributed by atoms with E-state index in [2.05, 4.69) is 19.2 Å². The largest absolute Gasteiger partial charge is 0.480 e. The first-order chi connectivity index (χ1) is 9.92. The monoisotopic (exact) mass is 295 g/mol. The molecule has 1 atom stereocenters. The maximum Gasteiger partial charge on any atom is 0.328 e. The number of carbonyl (C=O) groups excluding carboxylic acids is 1. The van der Waals surface area contributed by atoms with Crippen LogP contribution in [0.25, 0.3) is 0 Å². The summed E-state index contributed by atoms with van der Waals surface area (Å²) in [5.74, 6) is -1.22. The number of aryl methyl sites for hydroxylation is 1. The van der Waals surface area contributed by atoms with E-state index in [4.69, 9.17) is 5.11 Å². The molecule has 0 aliphatic rings. The van der Waals surface area contributed by atoms with E-state index in [1.807, 2.05) is 24.3 Å². The van der Waals surface area contributed by atoms with E-state index in [0.717, 1.165) is 12.0 Å². The van der Waals surface area contributed by atoms with Crippen LogP contribution in [0.5, 0.6) is 0 Å². The Hall–Kier alpha value is -1.91. The summed E-state index contributed by atoms with van der Waals surface area (Å²) in [7, 11) is 0. The number of halogens is 1. The van der Waals surface area contributed by atoms with E-state index in [1.54, 1.807) is 0 Å². The maximum atomic E-state index is 12.4. The van der Waals surface area contributed by atoms with Gasteiger partial charge in [0.15, 0.2) is 6.04 Å². The van der Waals surface area contributed by atoms with Gasteiger partial charge in [0, 0.05) is 6.42 Å². The molecular formula is C16H22FNO3. The van der Waals surface area contributed by atoms with Gasteiger partial charge < -0.3 is 10.4 Å². The second-order valence-corrected chi connectivity index (χ2v) is 5.53. The van der Waals surface area contributed by atoms with Gasteiger partial charge in [-0.05, 0) is 29.9 Å². The molecule has 1 aromatic rings. The molecule has 4 nitrogen and oxygen atoms in total. The van der Waals surface area contributed by atoms with Crippen molar-refractivity contribution in [2.75, 3.05) is 6.67 Å². The lowest BCUT2D eigenvalue weighted by molar-refractivity contribution is -0.142. The Kier molecular flexibility index (Phi) is 6.85. The standard InChI is InChI=1S/C16H22FNO3/c1-11(2)9-13-5-3-12(4-6-13)7-8-15(19)18-14(10-17)16(20)21/h3-6,11,14H,7-10H2,1-2H3,(H,18,19)(H,20,21). The summed E-state index contributed by atoms with van der Waals surface area (Å²) < 4.78 is 12.4. The molecule has 0 fully saturated rings. The molecule has 0 saturated carbocycles. The summed E-state index contributed by atoms with van der Waals surface area (Å²) in [5.41, 5.74) is 2.26. The highest BCUT2D eigenvalue weighted by molar-refractivity contribution is 5.83. The van der Waals surface area contributed by atoms with Crippen molar-refractivity contribution in [1.29, 1.82) is 0 Å². The third-order valence-corrected chi connectivity index (χ3v) is 3.10. The molecule has 1 rings (SSSR count). The van der Waals surface area contributed by atoms with Gasteiger partial charge in [0.1, 0.15) is 6.67 Å². The van der Waals surface area contributed by atoms with Gasteiger partial charge in [-0.2, -0.15) is 0 Å². The summed E-state index contributed by atoms with van der Waals surface area (Å²) in [4.78, 5) is 22.2. The van der Waals surface area contributed by atoms with Crippen molar-refractivity contribution in [3.05, 3.63) is 35.4 Å². The second kappa shape index (κ2) is 8.39. The third kappa shape index (κ3) is 6.38. The van der Waals surface area contributed by atoms with Crippen molar-refractivity contribution < 1.29 is 19.1 Å². The second-order valence-electron chi connectivity index (χ2n) is 5.53.